The molecule has 2 N–H and O–H groups in total. The predicted molar refractivity (Wildman–Crippen MR) is 128 cm³/mol. The fraction of sp³-hybridized carbons (Fsp3) is 0.348. The number of likely N-dealkylation sites (N-methyl/N-ethyl adjacent to an activating group) is 1. The van der Waals surface area contributed by atoms with Crippen LogP contribution in [0.4, 0.5) is 15.8 Å². The summed E-state index contributed by atoms with van der Waals surface area (Å²) in [7, 11) is 2.03. The van der Waals surface area contributed by atoms with Crippen LogP contribution in [-0.4, -0.2) is 60.2 Å². The highest BCUT2D eigenvalue weighted by Crippen LogP contribution is 2.42. The first kappa shape index (κ1) is 22.4. The molecule has 2 aliphatic heterocycles. The van der Waals surface area contributed by atoms with Gasteiger partial charge in [-0.15, -0.1) is 0 Å². The molecule has 4 heterocycles. The summed E-state index contributed by atoms with van der Waals surface area (Å²) < 4.78 is 23.2. The van der Waals surface area contributed by atoms with E-state index in [0.29, 0.717) is 47.5 Å². The van der Waals surface area contributed by atoms with Crippen molar-refractivity contribution in [2.75, 3.05) is 50.2 Å². The Hall–Kier alpha value is -3.37. The van der Waals surface area contributed by atoms with Crippen LogP contribution >= 0.6 is 11.6 Å². The van der Waals surface area contributed by atoms with E-state index in [-0.39, 0.29) is 17.0 Å². The fourth-order valence-corrected chi connectivity index (χ4v) is 4.46. The summed E-state index contributed by atoms with van der Waals surface area (Å²) in [5.41, 5.74) is 5.90. The molecule has 34 heavy (non-hydrogen) atoms. The van der Waals surface area contributed by atoms with Crippen molar-refractivity contribution in [2.24, 2.45) is 0 Å². The van der Waals surface area contributed by atoms with Crippen LogP contribution in [0.2, 0.25) is 5.15 Å². The smallest absolute Gasteiger partial charge is 0.275 e. The van der Waals surface area contributed by atoms with Crippen LogP contribution in [0, 0.1) is 5.82 Å². The average molecular weight is 487 g/mol. The highest BCUT2D eigenvalue weighted by atomic mass is 35.5. The topological polar surface area (TPSA) is 91.7 Å². The minimum atomic E-state index is -0.644. The van der Waals surface area contributed by atoms with Gasteiger partial charge in [0, 0.05) is 32.4 Å². The summed E-state index contributed by atoms with van der Waals surface area (Å²) in [6.07, 6.45) is 2.96. The van der Waals surface area contributed by atoms with E-state index in [9.17, 15) is 9.59 Å². The summed E-state index contributed by atoms with van der Waals surface area (Å²) in [4.78, 5) is 34.2. The molecule has 2 aromatic heterocycles. The number of anilines is 2. The summed E-state index contributed by atoms with van der Waals surface area (Å²) in [6.45, 7) is 5.13. The van der Waals surface area contributed by atoms with Crippen molar-refractivity contribution in [3.8, 4) is 5.75 Å². The lowest BCUT2D eigenvalue weighted by atomic mass is 10.0. The molecule has 2 aliphatic rings. The average Bonchev–Trinajstić information content (AvgIpc) is 2.82. The van der Waals surface area contributed by atoms with E-state index in [4.69, 9.17) is 16.3 Å². The van der Waals surface area contributed by atoms with Gasteiger partial charge in [-0.2, -0.15) is 0 Å². The van der Waals surface area contributed by atoms with Crippen molar-refractivity contribution in [2.45, 2.75) is 13.0 Å². The Labute approximate surface area is 200 Å². The molecular weight excluding hydrogens is 463 g/mol. The van der Waals surface area contributed by atoms with Gasteiger partial charge in [-0.05, 0) is 32.2 Å². The Balaban J connectivity index is 1.55. The molecule has 0 bridgehead atoms. The predicted octanol–water partition coefficient (Wildman–Crippen LogP) is 2.65. The number of nitrogens with zero attached hydrogens (tertiary/aromatic N) is 4. The highest BCUT2D eigenvalue weighted by Gasteiger charge is 2.31. The molecule has 1 saturated heterocycles. The van der Waals surface area contributed by atoms with Gasteiger partial charge >= 0.3 is 0 Å². The van der Waals surface area contributed by atoms with Crippen LogP contribution in [0.25, 0.3) is 10.9 Å². The third-order valence-corrected chi connectivity index (χ3v) is 6.48. The maximum absolute atomic E-state index is 15.4. The standard InChI is InChI=1S/C23H24ClFN6O3/c1-13-12-34-22-19-15(9-17(25)20(22)30-7-5-29(2)6-8-30)21(32)16(11-31(13)19)23(33)28-27-14-3-4-18(24)26-10-14/h3-4,9-11,13,27H,5-8,12H2,1-2H3,(H,28,33). The number of carbonyl (C=O) groups is 1. The second-order valence-corrected chi connectivity index (χ2v) is 9.00. The quantitative estimate of drug-likeness (QED) is 0.432. The number of hydrogen-bond donors (Lipinski definition) is 2. The zero-order valence-corrected chi connectivity index (χ0v) is 19.5. The molecule has 0 spiro atoms. The number of benzene rings is 1. The molecule has 9 nitrogen and oxygen atoms in total. The van der Waals surface area contributed by atoms with Crippen LogP contribution in [0.15, 0.2) is 35.4 Å². The molecule has 1 amide bonds. The van der Waals surface area contributed by atoms with Gasteiger partial charge in [-0.25, -0.2) is 9.37 Å². The van der Waals surface area contributed by atoms with E-state index in [1.165, 1.54) is 18.5 Å². The SMILES string of the molecule is CC1COc2c(N3CCN(C)CC3)c(F)cc3c(=O)c(C(=O)NNc4ccc(Cl)nc4)cn1c23. The minimum absolute atomic E-state index is 0.103. The number of rotatable bonds is 4. The molecule has 3 aromatic rings. The Morgan fingerprint density at radius 1 is 1.26 bits per heavy atom. The number of ether oxygens (including phenoxy) is 1. The minimum Gasteiger partial charge on any atom is -0.487 e. The third-order valence-electron chi connectivity index (χ3n) is 6.25. The number of carbonyl (C=O) groups excluding carboxylic acids is 1. The van der Waals surface area contributed by atoms with Gasteiger partial charge in [0.15, 0.2) is 11.6 Å². The van der Waals surface area contributed by atoms with Crippen molar-refractivity contribution < 1.29 is 13.9 Å². The number of hydrazine groups is 1. The number of amides is 1. The van der Waals surface area contributed by atoms with Crippen LogP contribution in [0.3, 0.4) is 0 Å². The molecule has 1 unspecified atom stereocenters. The van der Waals surface area contributed by atoms with Crippen molar-refractivity contribution in [1.29, 1.82) is 0 Å². The molecule has 0 aliphatic carbocycles. The molecule has 1 fully saturated rings. The van der Waals surface area contributed by atoms with E-state index in [2.05, 4.69) is 20.7 Å². The Morgan fingerprint density at radius 3 is 2.74 bits per heavy atom. The summed E-state index contributed by atoms with van der Waals surface area (Å²) in [6, 6.07) is 4.27. The van der Waals surface area contributed by atoms with Crippen LogP contribution < -0.4 is 25.9 Å². The monoisotopic (exact) mass is 486 g/mol. The molecule has 0 saturated carbocycles. The van der Waals surface area contributed by atoms with E-state index in [0.717, 1.165) is 13.1 Å². The van der Waals surface area contributed by atoms with Gasteiger partial charge in [0.05, 0.1) is 28.8 Å². The number of halogens is 2. The number of aromatic nitrogens is 2. The Morgan fingerprint density at radius 2 is 2.03 bits per heavy atom. The summed E-state index contributed by atoms with van der Waals surface area (Å²) in [5.74, 6) is -0.824. The number of piperazine rings is 1. The first-order valence-corrected chi connectivity index (χ1v) is 11.4. The van der Waals surface area contributed by atoms with Gasteiger partial charge in [0.1, 0.15) is 23.0 Å². The number of hydrogen-bond acceptors (Lipinski definition) is 7. The van der Waals surface area contributed by atoms with Crippen LogP contribution in [0.5, 0.6) is 5.75 Å². The molecule has 5 rings (SSSR count). The zero-order valence-electron chi connectivity index (χ0n) is 18.8. The highest BCUT2D eigenvalue weighted by molar-refractivity contribution is 6.29. The van der Waals surface area contributed by atoms with E-state index >= 15 is 4.39 Å². The van der Waals surface area contributed by atoms with Gasteiger partial charge in [0.25, 0.3) is 5.91 Å². The molecule has 1 atom stereocenters. The molecule has 11 heteroatoms. The van der Waals surface area contributed by atoms with Crippen LogP contribution in [0.1, 0.15) is 23.3 Å². The van der Waals surface area contributed by atoms with Crippen molar-refractivity contribution >= 4 is 39.8 Å². The fourth-order valence-electron chi connectivity index (χ4n) is 4.34. The van der Waals surface area contributed by atoms with Crippen molar-refractivity contribution in [3.63, 3.8) is 0 Å². The van der Waals surface area contributed by atoms with Crippen molar-refractivity contribution in [3.05, 3.63) is 57.3 Å². The van der Waals surface area contributed by atoms with Gasteiger partial charge in [0.2, 0.25) is 5.43 Å². The lowest BCUT2D eigenvalue weighted by Gasteiger charge is -2.37. The first-order valence-electron chi connectivity index (χ1n) is 11.0. The maximum Gasteiger partial charge on any atom is 0.275 e. The lowest BCUT2D eigenvalue weighted by Crippen LogP contribution is -2.45. The number of pyridine rings is 2. The summed E-state index contributed by atoms with van der Waals surface area (Å²) >= 11 is 5.78. The normalized spacial score (nSPS) is 18.0. The molecule has 1 aromatic carbocycles. The largest absolute Gasteiger partial charge is 0.487 e. The van der Waals surface area contributed by atoms with E-state index in [1.807, 2.05) is 23.4 Å². The van der Waals surface area contributed by atoms with E-state index in [1.54, 1.807) is 12.1 Å². The summed E-state index contributed by atoms with van der Waals surface area (Å²) in [5, 5.41) is 0.423. The first-order chi connectivity index (χ1) is 16.3. The van der Waals surface area contributed by atoms with Gasteiger partial charge in [-0.1, -0.05) is 11.6 Å². The maximum atomic E-state index is 15.4. The van der Waals surface area contributed by atoms with Crippen LogP contribution in [-0.2, 0) is 0 Å². The molecular formula is C23H24ClFN6O3. The lowest BCUT2D eigenvalue weighted by molar-refractivity contribution is 0.0960. The Bertz CT molecular complexity index is 1320. The molecule has 178 valence electrons. The third kappa shape index (κ3) is 3.92. The second-order valence-electron chi connectivity index (χ2n) is 8.61. The van der Waals surface area contributed by atoms with Gasteiger partial charge in [-0.3, -0.25) is 20.4 Å². The van der Waals surface area contributed by atoms with Crippen molar-refractivity contribution in [1.82, 2.24) is 19.9 Å². The molecule has 0 radical (unpaired) electrons. The number of nitrogens with one attached hydrogen (secondary N) is 2. The Kier molecular flexibility index (Phi) is 5.78. The van der Waals surface area contributed by atoms with Gasteiger partial charge < -0.3 is 19.1 Å². The zero-order chi connectivity index (χ0) is 24.0. The second kappa shape index (κ2) is 8.77. The van der Waals surface area contributed by atoms with E-state index < -0.39 is 17.2 Å².